The molecule has 0 aliphatic carbocycles. The smallest absolute Gasteiger partial charge is 0.164 e. The van der Waals surface area contributed by atoms with Crippen LogP contribution in [0.15, 0.2) is 0 Å². The topological polar surface area (TPSA) is 34.1 Å². The van der Waals surface area contributed by atoms with Crippen LogP contribution in [-0.4, -0.2) is 19.4 Å². The fraction of sp³-hybridized carbons (Fsp3) is 1.00. The molecule has 0 heterocycles. The van der Waals surface area contributed by atoms with E-state index in [9.17, 15) is 8.42 Å². The number of rotatable bonds is 3. The second-order valence-corrected chi connectivity index (χ2v) is 4.33. The molecular weight excluding hydrogens is 148 g/mol. The minimum absolute atomic E-state index is 0.205. The Hall–Kier alpha value is 0.240. The van der Waals surface area contributed by atoms with Crippen molar-refractivity contribution in [3.63, 3.8) is 0 Å². The highest BCUT2D eigenvalue weighted by Gasteiger charge is 2.04. The summed E-state index contributed by atoms with van der Waals surface area (Å²) in [5.41, 5.74) is 0. The van der Waals surface area contributed by atoms with Crippen LogP contribution in [-0.2, 0) is 9.84 Å². The lowest BCUT2D eigenvalue weighted by Crippen LogP contribution is -2.05. The molecular formula is C4H9ClO2S. The van der Waals surface area contributed by atoms with E-state index in [1.165, 1.54) is 0 Å². The van der Waals surface area contributed by atoms with Crippen LogP contribution >= 0.6 is 11.6 Å². The minimum atomic E-state index is -2.90. The Balaban J connectivity index is 3.76. The van der Waals surface area contributed by atoms with Crippen molar-refractivity contribution in [2.45, 2.75) is 13.3 Å². The van der Waals surface area contributed by atoms with E-state index in [0.717, 1.165) is 0 Å². The maximum atomic E-state index is 10.5. The van der Waals surface area contributed by atoms with Crippen LogP contribution in [0.2, 0.25) is 0 Å². The quantitative estimate of drug-likeness (QED) is 0.572. The van der Waals surface area contributed by atoms with Crippen molar-refractivity contribution >= 4 is 21.4 Å². The zero-order valence-electron chi connectivity index (χ0n) is 4.72. The van der Waals surface area contributed by atoms with Gasteiger partial charge in [-0.3, -0.25) is 0 Å². The van der Waals surface area contributed by atoms with Gasteiger partial charge in [0.1, 0.15) is 5.21 Å². The first kappa shape index (κ1) is 8.24. The van der Waals surface area contributed by atoms with Gasteiger partial charge < -0.3 is 0 Å². The molecule has 0 aromatic heterocycles. The summed E-state index contributed by atoms with van der Waals surface area (Å²) in [5.74, 6) is 0.205. The SMILES string of the molecule is CCCS(=O)(=O)CCl. The lowest BCUT2D eigenvalue weighted by atomic mass is 10.6. The van der Waals surface area contributed by atoms with E-state index >= 15 is 0 Å². The number of hydrogen-bond donors (Lipinski definition) is 0. The second-order valence-electron chi connectivity index (χ2n) is 1.56. The van der Waals surface area contributed by atoms with Gasteiger partial charge in [0, 0.05) is 0 Å². The van der Waals surface area contributed by atoms with Crippen molar-refractivity contribution < 1.29 is 8.42 Å². The molecule has 0 bridgehead atoms. The lowest BCUT2D eigenvalue weighted by Gasteiger charge is -1.92. The van der Waals surface area contributed by atoms with Gasteiger partial charge in [0.05, 0.1) is 5.75 Å². The fourth-order valence-corrected chi connectivity index (χ4v) is 1.42. The molecule has 2 nitrogen and oxygen atoms in total. The van der Waals surface area contributed by atoms with Crippen LogP contribution in [0.5, 0.6) is 0 Å². The summed E-state index contributed by atoms with van der Waals surface area (Å²) in [6.07, 6.45) is 0.648. The van der Waals surface area contributed by atoms with Gasteiger partial charge in [-0.25, -0.2) is 8.42 Å². The molecule has 0 atom stereocenters. The van der Waals surface area contributed by atoms with Gasteiger partial charge in [-0.05, 0) is 6.42 Å². The van der Waals surface area contributed by atoms with Crippen LogP contribution in [0, 0.1) is 0 Å². The molecule has 0 aromatic carbocycles. The molecule has 4 heteroatoms. The monoisotopic (exact) mass is 156 g/mol. The molecule has 50 valence electrons. The van der Waals surface area contributed by atoms with Gasteiger partial charge in [-0.2, -0.15) is 0 Å². The Bertz CT molecular complexity index is 138. The van der Waals surface area contributed by atoms with E-state index in [0.29, 0.717) is 6.42 Å². The highest BCUT2D eigenvalue weighted by atomic mass is 35.5. The van der Waals surface area contributed by atoms with Crippen molar-refractivity contribution in [1.82, 2.24) is 0 Å². The van der Waals surface area contributed by atoms with Crippen LogP contribution in [0.4, 0.5) is 0 Å². The molecule has 0 aliphatic heterocycles. The largest absolute Gasteiger partial charge is 0.228 e. The first-order valence-corrected chi connectivity index (χ1v) is 4.74. The molecule has 0 saturated heterocycles. The third kappa shape index (κ3) is 3.27. The summed E-state index contributed by atoms with van der Waals surface area (Å²) in [4.78, 5) is 0. The summed E-state index contributed by atoms with van der Waals surface area (Å²) in [7, 11) is -2.90. The molecule has 0 N–H and O–H groups in total. The van der Waals surface area contributed by atoms with Gasteiger partial charge in [0.15, 0.2) is 9.84 Å². The van der Waals surface area contributed by atoms with E-state index < -0.39 is 9.84 Å². The molecule has 0 rings (SSSR count). The molecule has 8 heavy (non-hydrogen) atoms. The van der Waals surface area contributed by atoms with Crippen LogP contribution in [0.25, 0.3) is 0 Å². The summed E-state index contributed by atoms with van der Waals surface area (Å²) >= 11 is 5.08. The average molecular weight is 157 g/mol. The Labute approximate surface area is 54.8 Å². The average Bonchev–Trinajstić information content (AvgIpc) is 1.67. The van der Waals surface area contributed by atoms with Crippen molar-refractivity contribution in [1.29, 1.82) is 0 Å². The Kier molecular flexibility index (Phi) is 3.40. The summed E-state index contributed by atoms with van der Waals surface area (Å²) < 4.78 is 20.9. The van der Waals surface area contributed by atoms with Crippen molar-refractivity contribution in [3.8, 4) is 0 Å². The highest BCUT2D eigenvalue weighted by molar-refractivity contribution is 7.92. The first-order chi connectivity index (χ1) is 3.62. The van der Waals surface area contributed by atoms with Crippen LogP contribution < -0.4 is 0 Å². The number of hydrogen-bond acceptors (Lipinski definition) is 2. The molecule has 0 radical (unpaired) electrons. The molecule has 0 spiro atoms. The van der Waals surface area contributed by atoms with Gasteiger partial charge in [0.2, 0.25) is 0 Å². The predicted molar refractivity (Wildman–Crippen MR) is 34.8 cm³/mol. The van der Waals surface area contributed by atoms with E-state index in [-0.39, 0.29) is 11.0 Å². The second kappa shape index (κ2) is 3.30. The maximum absolute atomic E-state index is 10.5. The predicted octanol–water partition coefficient (Wildman–Crippen LogP) is 1.01. The van der Waals surface area contributed by atoms with Gasteiger partial charge in [-0.1, -0.05) is 6.92 Å². The van der Waals surface area contributed by atoms with Crippen LogP contribution in [0.1, 0.15) is 13.3 Å². The number of sulfone groups is 1. The Morgan fingerprint density at radius 1 is 1.50 bits per heavy atom. The third-order valence-electron chi connectivity index (χ3n) is 0.681. The Morgan fingerprint density at radius 2 is 2.00 bits per heavy atom. The first-order valence-electron chi connectivity index (χ1n) is 2.39. The number of halogens is 1. The standard InChI is InChI=1S/C4H9ClO2S/c1-2-3-8(6,7)4-5/h2-4H2,1H3. The van der Waals surface area contributed by atoms with E-state index in [1.54, 1.807) is 0 Å². The Morgan fingerprint density at radius 3 is 2.12 bits per heavy atom. The summed E-state index contributed by atoms with van der Waals surface area (Å²) in [5, 5.41) is -0.249. The normalized spacial score (nSPS) is 11.8. The van der Waals surface area contributed by atoms with Crippen LogP contribution in [0.3, 0.4) is 0 Å². The highest BCUT2D eigenvalue weighted by Crippen LogP contribution is 1.94. The van der Waals surface area contributed by atoms with E-state index in [1.807, 2.05) is 6.92 Å². The molecule has 0 unspecified atom stereocenters. The van der Waals surface area contributed by atoms with Gasteiger partial charge in [0.25, 0.3) is 0 Å². The molecule has 0 aliphatic rings. The minimum Gasteiger partial charge on any atom is -0.228 e. The van der Waals surface area contributed by atoms with E-state index in [4.69, 9.17) is 11.6 Å². The summed E-state index contributed by atoms with van der Waals surface area (Å²) in [6, 6.07) is 0. The third-order valence-corrected chi connectivity index (χ3v) is 3.04. The van der Waals surface area contributed by atoms with Crippen molar-refractivity contribution in [2.24, 2.45) is 0 Å². The van der Waals surface area contributed by atoms with E-state index in [2.05, 4.69) is 0 Å². The van der Waals surface area contributed by atoms with Gasteiger partial charge in [-0.15, -0.1) is 11.6 Å². The van der Waals surface area contributed by atoms with Crippen molar-refractivity contribution in [3.05, 3.63) is 0 Å². The molecule has 0 fully saturated rings. The van der Waals surface area contributed by atoms with Crippen molar-refractivity contribution in [2.75, 3.05) is 11.0 Å². The van der Waals surface area contributed by atoms with Gasteiger partial charge >= 0.3 is 0 Å². The zero-order chi connectivity index (χ0) is 6.62. The lowest BCUT2D eigenvalue weighted by molar-refractivity contribution is 0.599. The fourth-order valence-electron chi connectivity index (χ4n) is 0.366. The summed E-state index contributed by atoms with van der Waals surface area (Å²) in [6.45, 7) is 1.81. The zero-order valence-corrected chi connectivity index (χ0v) is 6.30. The molecule has 0 aromatic rings. The molecule has 0 amide bonds. The maximum Gasteiger partial charge on any atom is 0.164 e. The molecule has 0 saturated carbocycles. The number of alkyl halides is 1.